The lowest BCUT2D eigenvalue weighted by molar-refractivity contribution is -0.122. The van der Waals surface area contributed by atoms with E-state index in [0.29, 0.717) is 11.5 Å². The van der Waals surface area contributed by atoms with E-state index >= 15 is 0 Å². The molecule has 5 heteroatoms. The van der Waals surface area contributed by atoms with Crippen molar-refractivity contribution in [1.82, 2.24) is 0 Å². The van der Waals surface area contributed by atoms with Crippen LogP contribution in [0.4, 0.5) is 5.69 Å². The van der Waals surface area contributed by atoms with Gasteiger partial charge in [-0.25, -0.2) is 0 Å². The van der Waals surface area contributed by atoms with Crippen LogP contribution in [0, 0.1) is 0 Å². The average Bonchev–Trinajstić information content (AvgIpc) is 2.55. The maximum absolute atomic E-state index is 12.3. The minimum Gasteiger partial charge on any atom is -0.493 e. The van der Waals surface area contributed by atoms with Crippen LogP contribution in [0.25, 0.3) is 0 Å². The van der Waals surface area contributed by atoms with Crippen LogP contribution in [0.15, 0.2) is 53.4 Å². The third kappa shape index (κ3) is 3.95. The van der Waals surface area contributed by atoms with Gasteiger partial charge in [-0.15, -0.1) is 11.8 Å². The molecule has 0 aliphatic rings. The van der Waals surface area contributed by atoms with Gasteiger partial charge in [0.25, 0.3) is 5.91 Å². The van der Waals surface area contributed by atoms with Gasteiger partial charge in [0, 0.05) is 4.90 Å². The van der Waals surface area contributed by atoms with Crippen molar-refractivity contribution in [3.05, 3.63) is 48.5 Å². The summed E-state index contributed by atoms with van der Waals surface area (Å²) in [6.45, 7) is 1.71. The van der Waals surface area contributed by atoms with Gasteiger partial charge >= 0.3 is 0 Å². The standard InChI is InChI=1S/C17H19NO3S/c1-12(21-15-10-6-5-9-14(15)20-2)17(19)18-13-8-4-7-11-16(13)22-3/h4-12H,1-3H3,(H,18,19)/t12-/m0/s1. The number of hydrogen-bond donors (Lipinski definition) is 1. The van der Waals surface area contributed by atoms with Crippen LogP contribution in [0.5, 0.6) is 11.5 Å². The van der Waals surface area contributed by atoms with Crippen molar-refractivity contribution in [2.75, 3.05) is 18.7 Å². The number of para-hydroxylation sites is 3. The Kier molecular flexibility index (Phi) is 5.72. The summed E-state index contributed by atoms with van der Waals surface area (Å²) in [6, 6.07) is 14.9. The minimum absolute atomic E-state index is 0.201. The molecule has 0 aliphatic heterocycles. The molecule has 1 atom stereocenters. The predicted molar refractivity (Wildman–Crippen MR) is 89.9 cm³/mol. The third-order valence-electron chi connectivity index (χ3n) is 3.11. The first-order valence-corrected chi connectivity index (χ1v) is 8.11. The molecule has 0 fully saturated rings. The summed E-state index contributed by atoms with van der Waals surface area (Å²) in [5, 5.41) is 2.89. The SMILES string of the molecule is COc1ccccc1O[C@@H](C)C(=O)Nc1ccccc1SC. The largest absolute Gasteiger partial charge is 0.493 e. The quantitative estimate of drug-likeness (QED) is 0.823. The van der Waals surface area contributed by atoms with E-state index in [1.165, 1.54) is 0 Å². The molecule has 0 radical (unpaired) electrons. The van der Waals surface area contributed by atoms with Gasteiger partial charge in [0.15, 0.2) is 17.6 Å². The van der Waals surface area contributed by atoms with E-state index in [2.05, 4.69) is 5.32 Å². The number of amides is 1. The zero-order chi connectivity index (χ0) is 15.9. The Bertz CT molecular complexity index is 645. The Morgan fingerprint density at radius 1 is 1.09 bits per heavy atom. The van der Waals surface area contributed by atoms with E-state index in [1.807, 2.05) is 42.7 Å². The smallest absolute Gasteiger partial charge is 0.265 e. The Hall–Kier alpha value is -2.14. The second kappa shape index (κ2) is 7.75. The number of methoxy groups -OCH3 is 1. The Morgan fingerprint density at radius 3 is 2.41 bits per heavy atom. The number of nitrogens with one attached hydrogen (secondary N) is 1. The molecule has 2 aromatic carbocycles. The topological polar surface area (TPSA) is 47.6 Å². The molecule has 4 nitrogen and oxygen atoms in total. The van der Waals surface area contributed by atoms with Gasteiger partial charge in [-0.2, -0.15) is 0 Å². The fourth-order valence-electron chi connectivity index (χ4n) is 1.94. The minimum atomic E-state index is -0.633. The van der Waals surface area contributed by atoms with E-state index in [9.17, 15) is 4.79 Å². The molecule has 22 heavy (non-hydrogen) atoms. The summed E-state index contributed by atoms with van der Waals surface area (Å²) in [5.74, 6) is 0.949. The highest BCUT2D eigenvalue weighted by atomic mass is 32.2. The molecule has 0 bridgehead atoms. The molecule has 2 rings (SSSR count). The first-order valence-electron chi connectivity index (χ1n) is 6.89. The maximum atomic E-state index is 12.3. The summed E-state index contributed by atoms with van der Waals surface area (Å²) in [7, 11) is 1.57. The van der Waals surface area contributed by atoms with Gasteiger partial charge in [-0.1, -0.05) is 24.3 Å². The lowest BCUT2D eigenvalue weighted by Crippen LogP contribution is -2.30. The van der Waals surface area contributed by atoms with Crippen molar-refractivity contribution in [2.24, 2.45) is 0 Å². The summed E-state index contributed by atoms with van der Waals surface area (Å²) >= 11 is 1.58. The van der Waals surface area contributed by atoms with Gasteiger partial charge in [-0.3, -0.25) is 4.79 Å². The Labute approximate surface area is 134 Å². The molecule has 0 heterocycles. The van der Waals surface area contributed by atoms with Gasteiger partial charge in [0.2, 0.25) is 0 Å². The molecule has 116 valence electrons. The highest BCUT2D eigenvalue weighted by molar-refractivity contribution is 7.98. The maximum Gasteiger partial charge on any atom is 0.265 e. The normalized spacial score (nSPS) is 11.6. The van der Waals surface area contributed by atoms with Gasteiger partial charge in [0.1, 0.15) is 0 Å². The van der Waals surface area contributed by atoms with Crippen LogP contribution >= 0.6 is 11.8 Å². The first kappa shape index (κ1) is 16.2. The Balaban J connectivity index is 2.06. The van der Waals surface area contributed by atoms with E-state index in [-0.39, 0.29) is 5.91 Å². The third-order valence-corrected chi connectivity index (χ3v) is 3.90. The highest BCUT2D eigenvalue weighted by Gasteiger charge is 2.17. The number of carbonyl (C=O) groups excluding carboxylic acids is 1. The molecule has 0 unspecified atom stereocenters. The fraction of sp³-hybridized carbons (Fsp3) is 0.235. The molecule has 1 N–H and O–H groups in total. The van der Waals surface area contributed by atoms with E-state index in [4.69, 9.17) is 9.47 Å². The van der Waals surface area contributed by atoms with E-state index in [0.717, 1.165) is 10.6 Å². The number of thioether (sulfide) groups is 1. The fourth-order valence-corrected chi connectivity index (χ4v) is 2.50. The van der Waals surface area contributed by atoms with Crippen LogP contribution in [0.2, 0.25) is 0 Å². The Morgan fingerprint density at radius 2 is 1.73 bits per heavy atom. The second-order valence-corrected chi connectivity index (χ2v) is 5.45. The lowest BCUT2D eigenvalue weighted by atomic mass is 10.3. The summed E-state index contributed by atoms with van der Waals surface area (Å²) < 4.78 is 10.9. The highest BCUT2D eigenvalue weighted by Crippen LogP contribution is 2.28. The monoisotopic (exact) mass is 317 g/mol. The van der Waals surface area contributed by atoms with Gasteiger partial charge in [-0.05, 0) is 37.4 Å². The number of rotatable bonds is 6. The average molecular weight is 317 g/mol. The summed E-state index contributed by atoms with van der Waals surface area (Å²) in [4.78, 5) is 13.3. The van der Waals surface area contributed by atoms with Crippen LogP contribution in [0.1, 0.15) is 6.92 Å². The van der Waals surface area contributed by atoms with Crippen LogP contribution in [-0.2, 0) is 4.79 Å². The summed E-state index contributed by atoms with van der Waals surface area (Å²) in [6.07, 6.45) is 1.34. The van der Waals surface area contributed by atoms with E-state index in [1.54, 1.807) is 37.9 Å². The van der Waals surface area contributed by atoms with Crippen LogP contribution < -0.4 is 14.8 Å². The zero-order valence-corrected chi connectivity index (χ0v) is 13.6. The molecule has 0 saturated heterocycles. The molecular weight excluding hydrogens is 298 g/mol. The van der Waals surface area contributed by atoms with E-state index < -0.39 is 6.10 Å². The molecule has 0 aliphatic carbocycles. The van der Waals surface area contributed by atoms with Crippen molar-refractivity contribution >= 4 is 23.4 Å². The molecule has 0 aromatic heterocycles. The number of hydrogen-bond acceptors (Lipinski definition) is 4. The molecular formula is C17H19NO3S. The number of carbonyl (C=O) groups is 1. The summed E-state index contributed by atoms with van der Waals surface area (Å²) in [5.41, 5.74) is 0.787. The predicted octanol–water partition coefficient (Wildman–Crippen LogP) is 3.82. The first-order chi connectivity index (χ1) is 10.7. The molecule has 0 spiro atoms. The molecule has 0 saturated carbocycles. The number of benzene rings is 2. The second-order valence-electron chi connectivity index (χ2n) is 4.60. The van der Waals surface area contributed by atoms with Crippen molar-refractivity contribution < 1.29 is 14.3 Å². The number of anilines is 1. The van der Waals surface area contributed by atoms with Gasteiger partial charge < -0.3 is 14.8 Å². The van der Waals surface area contributed by atoms with Crippen LogP contribution in [-0.4, -0.2) is 25.4 Å². The van der Waals surface area contributed by atoms with Crippen molar-refractivity contribution in [2.45, 2.75) is 17.9 Å². The lowest BCUT2D eigenvalue weighted by Gasteiger charge is -2.17. The van der Waals surface area contributed by atoms with Crippen molar-refractivity contribution in [3.63, 3.8) is 0 Å². The van der Waals surface area contributed by atoms with Crippen molar-refractivity contribution in [1.29, 1.82) is 0 Å². The van der Waals surface area contributed by atoms with Crippen molar-refractivity contribution in [3.8, 4) is 11.5 Å². The zero-order valence-electron chi connectivity index (χ0n) is 12.8. The van der Waals surface area contributed by atoms with Gasteiger partial charge in [0.05, 0.1) is 12.8 Å². The number of ether oxygens (including phenoxy) is 2. The van der Waals surface area contributed by atoms with Crippen LogP contribution in [0.3, 0.4) is 0 Å². The molecule has 2 aromatic rings. The molecule has 1 amide bonds.